The minimum atomic E-state index is -0.241. The second-order valence-corrected chi connectivity index (χ2v) is 5.91. The zero-order valence-corrected chi connectivity index (χ0v) is 12.6. The fraction of sp³-hybridized carbons (Fsp3) is 0.643. The standard InChI is InChI=1S/C14H19ClN4O2/c15-11-8-17-14(19-4-1-2-5-19)18-12(11)13(20)16-7-10-3-6-21-9-10/h8,10H,1-7,9H2,(H,16,20). The normalized spacial score (nSPS) is 21.8. The summed E-state index contributed by atoms with van der Waals surface area (Å²) < 4.78 is 5.30. The molecule has 2 aliphatic rings. The van der Waals surface area contributed by atoms with E-state index in [-0.39, 0.29) is 16.6 Å². The summed E-state index contributed by atoms with van der Waals surface area (Å²) in [5.74, 6) is 0.730. The topological polar surface area (TPSA) is 67.3 Å². The maximum atomic E-state index is 12.2. The van der Waals surface area contributed by atoms with Crippen LogP contribution in [0.15, 0.2) is 6.20 Å². The van der Waals surface area contributed by atoms with Gasteiger partial charge in [-0.3, -0.25) is 4.79 Å². The number of ether oxygens (including phenoxy) is 1. The van der Waals surface area contributed by atoms with E-state index >= 15 is 0 Å². The molecule has 1 amide bonds. The van der Waals surface area contributed by atoms with E-state index in [4.69, 9.17) is 16.3 Å². The average molecular weight is 311 g/mol. The molecule has 2 aliphatic heterocycles. The van der Waals surface area contributed by atoms with Crippen molar-refractivity contribution in [2.75, 3.05) is 37.7 Å². The lowest BCUT2D eigenvalue weighted by Crippen LogP contribution is -2.31. The summed E-state index contributed by atoms with van der Waals surface area (Å²) in [6.07, 6.45) is 4.76. The van der Waals surface area contributed by atoms with Gasteiger partial charge in [0.05, 0.1) is 17.8 Å². The lowest BCUT2D eigenvalue weighted by Gasteiger charge is -2.16. The van der Waals surface area contributed by atoms with Gasteiger partial charge in [-0.2, -0.15) is 0 Å². The van der Waals surface area contributed by atoms with Gasteiger partial charge in [0.25, 0.3) is 5.91 Å². The number of carbonyl (C=O) groups is 1. The molecule has 2 fully saturated rings. The number of aromatic nitrogens is 2. The number of hydrogen-bond donors (Lipinski definition) is 1. The molecule has 0 bridgehead atoms. The van der Waals surface area contributed by atoms with Crippen molar-refractivity contribution in [1.29, 1.82) is 0 Å². The number of carbonyl (C=O) groups excluding carboxylic acids is 1. The van der Waals surface area contributed by atoms with Crippen molar-refractivity contribution in [1.82, 2.24) is 15.3 Å². The van der Waals surface area contributed by atoms with Crippen LogP contribution in [0.1, 0.15) is 29.8 Å². The molecule has 3 heterocycles. The largest absolute Gasteiger partial charge is 0.381 e. The third kappa shape index (κ3) is 3.44. The van der Waals surface area contributed by atoms with E-state index in [1.165, 1.54) is 6.20 Å². The molecular weight excluding hydrogens is 292 g/mol. The van der Waals surface area contributed by atoms with Crippen molar-refractivity contribution in [2.45, 2.75) is 19.3 Å². The molecule has 0 saturated carbocycles. The minimum Gasteiger partial charge on any atom is -0.381 e. The first-order valence-corrected chi connectivity index (χ1v) is 7.75. The quantitative estimate of drug-likeness (QED) is 0.913. The van der Waals surface area contributed by atoms with E-state index in [1.807, 2.05) is 0 Å². The van der Waals surface area contributed by atoms with E-state index in [0.29, 0.717) is 25.0 Å². The van der Waals surface area contributed by atoms with Gasteiger partial charge in [-0.1, -0.05) is 11.6 Å². The maximum absolute atomic E-state index is 12.2. The molecule has 1 aromatic rings. The van der Waals surface area contributed by atoms with E-state index in [9.17, 15) is 4.79 Å². The monoisotopic (exact) mass is 310 g/mol. The molecule has 114 valence electrons. The number of anilines is 1. The van der Waals surface area contributed by atoms with Crippen LogP contribution in [0.3, 0.4) is 0 Å². The van der Waals surface area contributed by atoms with Gasteiger partial charge in [0.2, 0.25) is 5.95 Å². The highest BCUT2D eigenvalue weighted by Gasteiger charge is 2.21. The molecule has 0 spiro atoms. The Hall–Kier alpha value is -1.40. The van der Waals surface area contributed by atoms with Gasteiger partial charge in [-0.05, 0) is 19.3 Å². The lowest BCUT2D eigenvalue weighted by atomic mass is 10.1. The summed E-state index contributed by atoms with van der Waals surface area (Å²) in [6, 6.07) is 0. The van der Waals surface area contributed by atoms with Crippen molar-refractivity contribution in [2.24, 2.45) is 5.92 Å². The first kappa shape index (κ1) is 14.5. The second kappa shape index (κ2) is 6.58. The van der Waals surface area contributed by atoms with Gasteiger partial charge in [-0.25, -0.2) is 9.97 Å². The average Bonchev–Trinajstić information content (AvgIpc) is 3.18. The van der Waals surface area contributed by atoms with Crippen molar-refractivity contribution in [3.8, 4) is 0 Å². The summed E-state index contributed by atoms with van der Waals surface area (Å²) >= 11 is 6.06. The van der Waals surface area contributed by atoms with Crippen LogP contribution in [0.4, 0.5) is 5.95 Å². The summed E-state index contributed by atoms with van der Waals surface area (Å²) in [5, 5.41) is 3.18. The van der Waals surface area contributed by atoms with E-state index < -0.39 is 0 Å². The van der Waals surface area contributed by atoms with Gasteiger partial charge in [0.15, 0.2) is 5.69 Å². The van der Waals surface area contributed by atoms with Crippen LogP contribution in [-0.4, -0.2) is 48.7 Å². The highest BCUT2D eigenvalue weighted by atomic mass is 35.5. The Morgan fingerprint density at radius 3 is 3.00 bits per heavy atom. The number of nitrogens with zero attached hydrogens (tertiary/aromatic N) is 3. The Balaban J connectivity index is 1.67. The second-order valence-electron chi connectivity index (χ2n) is 5.50. The van der Waals surface area contributed by atoms with E-state index in [0.717, 1.165) is 39.0 Å². The van der Waals surface area contributed by atoms with Crippen molar-refractivity contribution in [3.05, 3.63) is 16.9 Å². The molecule has 1 aromatic heterocycles. The van der Waals surface area contributed by atoms with Gasteiger partial charge in [0, 0.05) is 32.2 Å². The number of nitrogens with one attached hydrogen (secondary N) is 1. The van der Waals surface area contributed by atoms with Crippen LogP contribution in [0.2, 0.25) is 5.02 Å². The number of hydrogen-bond acceptors (Lipinski definition) is 5. The molecule has 0 aromatic carbocycles. The fourth-order valence-electron chi connectivity index (χ4n) is 2.65. The summed E-state index contributed by atoms with van der Waals surface area (Å²) in [6.45, 7) is 3.94. The first-order valence-electron chi connectivity index (χ1n) is 7.37. The van der Waals surface area contributed by atoms with Crippen LogP contribution in [-0.2, 0) is 4.74 Å². The Labute approximate surface area is 128 Å². The molecule has 1 N–H and O–H groups in total. The zero-order chi connectivity index (χ0) is 14.7. The maximum Gasteiger partial charge on any atom is 0.271 e. The van der Waals surface area contributed by atoms with Crippen molar-refractivity contribution >= 4 is 23.5 Å². The molecule has 1 unspecified atom stereocenters. The van der Waals surface area contributed by atoms with Crippen LogP contribution in [0.25, 0.3) is 0 Å². The van der Waals surface area contributed by atoms with Crippen LogP contribution >= 0.6 is 11.6 Å². The third-order valence-corrected chi connectivity index (χ3v) is 4.19. The van der Waals surface area contributed by atoms with E-state index in [2.05, 4.69) is 20.2 Å². The predicted octanol–water partition coefficient (Wildman–Crippen LogP) is 1.50. The van der Waals surface area contributed by atoms with Crippen LogP contribution in [0, 0.1) is 5.92 Å². The Morgan fingerprint density at radius 1 is 1.48 bits per heavy atom. The molecule has 7 heteroatoms. The molecule has 0 aliphatic carbocycles. The minimum absolute atomic E-state index is 0.241. The third-order valence-electron chi connectivity index (χ3n) is 3.91. The summed E-state index contributed by atoms with van der Waals surface area (Å²) in [4.78, 5) is 22.9. The molecule has 3 rings (SSSR count). The Kier molecular flexibility index (Phi) is 4.55. The van der Waals surface area contributed by atoms with Crippen molar-refractivity contribution < 1.29 is 9.53 Å². The number of rotatable bonds is 4. The SMILES string of the molecule is O=C(NCC1CCOC1)c1nc(N2CCCC2)ncc1Cl. The molecule has 1 atom stereocenters. The van der Waals surface area contributed by atoms with Crippen LogP contribution < -0.4 is 10.2 Å². The summed E-state index contributed by atoms with van der Waals surface area (Å²) in [5.41, 5.74) is 0.257. The zero-order valence-electron chi connectivity index (χ0n) is 11.8. The van der Waals surface area contributed by atoms with Gasteiger partial charge >= 0.3 is 0 Å². The lowest BCUT2D eigenvalue weighted by molar-refractivity contribution is 0.0940. The molecule has 6 nitrogen and oxygen atoms in total. The smallest absolute Gasteiger partial charge is 0.271 e. The predicted molar refractivity (Wildman–Crippen MR) is 79.7 cm³/mol. The van der Waals surface area contributed by atoms with Gasteiger partial charge in [-0.15, -0.1) is 0 Å². The Morgan fingerprint density at radius 2 is 2.29 bits per heavy atom. The molecule has 0 radical (unpaired) electrons. The van der Waals surface area contributed by atoms with Crippen molar-refractivity contribution in [3.63, 3.8) is 0 Å². The Bertz CT molecular complexity index is 514. The summed E-state index contributed by atoms with van der Waals surface area (Å²) in [7, 11) is 0. The number of halogens is 1. The first-order chi connectivity index (χ1) is 10.2. The highest BCUT2D eigenvalue weighted by Crippen LogP contribution is 2.20. The molecule has 21 heavy (non-hydrogen) atoms. The fourth-order valence-corrected chi connectivity index (χ4v) is 2.83. The van der Waals surface area contributed by atoms with Gasteiger partial charge in [0.1, 0.15) is 0 Å². The molecular formula is C14H19ClN4O2. The van der Waals surface area contributed by atoms with E-state index in [1.54, 1.807) is 0 Å². The number of amides is 1. The van der Waals surface area contributed by atoms with Gasteiger partial charge < -0.3 is 15.0 Å². The van der Waals surface area contributed by atoms with Crippen LogP contribution in [0.5, 0.6) is 0 Å². The molecule has 2 saturated heterocycles. The highest BCUT2D eigenvalue weighted by molar-refractivity contribution is 6.33.